The number of hydrogen-bond donors (Lipinski definition) is 1. The highest BCUT2D eigenvalue weighted by atomic mass is 35.5. The van der Waals surface area contributed by atoms with E-state index >= 15 is 0 Å². The van der Waals surface area contributed by atoms with Gasteiger partial charge in [0.1, 0.15) is 5.82 Å². The fourth-order valence-electron chi connectivity index (χ4n) is 1.38. The number of nitrogen functional groups attached to an aromatic ring is 1. The summed E-state index contributed by atoms with van der Waals surface area (Å²) in [5, 5.41) is 0.334. The zero-order valence-corrected chi connectivity index (χ0v) is 11.2. The molecule has 1 heterocycles. The zero-order chi connectivity index (χ0) is 13.0. The van der Waals surface area contributed by atoms with Crippen LogP contribution in [0.1, 0.15) is 30.6 Å². The number of halogens is 1. The average molecular weight is 256 g/mol. The molecule has 0 spiro atoms. The van der Waals surface area contributed by atoms with Crippen LogP contribution in [0.2, 0.25) is 5.02 Å². The van der Waals surface area contributed by atoms with E-state index in [-0.39, 0.29) is 5.91 Å². The molecular formula is C12H18ClN3O. The predicted octanol–water partition coefficient (Wildman–Crippen LogP) is 2.44. The summed E-state index contributed by atoms with van der Waals surface area (Å²) < 4.78 is 0. The lowest BCUT2D eigenvalue weighted by Gasteiger charge is -2.19. The summed E-state index contributed by atoms with van der Waals surface area (Å²) in [6.45, 7) is 4.94. The topological polar surface area (TPSA) is 59.2 Å². The Morgan fingerprint density at radius 1 is 1.59 bits per heavy atom. The third-order valence-corrected chi connectivity index (χ3v) is 2.80. The van der Waals surface area contributed by atoms with Crippen molar-refractivity contribution in [3.05, 3.63) is 22.8 Å². The minimum absolute atomic E-state index is 0.121. The van der Waals surface area contributed by atoms with Crippen LogP contribution < -0.4 is 5.73 Å². The Balaban J connectivity index is 2.78. The molecule has 5 heteroatoms. The first-order valence-electron chi connectivity index (χ1n) is 5.58. The lowest BCUT2D eigenvalue weighted by molar-refractivity contribution is 0.0789. The predicted molar refractivity (Wildman–Crippen MR) is 70.1 cm³/mol. The molecule has 1 aromatic rings. The van der Waals surface area contributed by atoms with Gasteiger partial charge in [0.2, 0.25) is 0 Å². The van der Waals surface area contributed by atoms with E-state index in [1.54, 1.807) is 11.9 Å². The number of aromatic nitrogens is 1. The number of carbonyl (C=O) groups excluding carboxylic acids is 1. The number of hydrogen-bond acceptors (Lipinski definition) is 3. The summed E-state index contributed by atoms with van der Waals surface area (Å²) in [6.07, 6.45) is 2.36. The molecule has 0 bridgehead atoms. The SMILES string of the molecule is CC(C)CCN(C)C(=O)c1cc(N)ncc1Cl. The molecule has 0 fully saturated rings. The van der Waals surface area contributed by atoms with E-state index in [1.165, 1.54) is 12.3 Å². The van der Waals surface area contributed by atoms with Gasteiger partial charge in [-0.05, 0) is 18.4 Å². The van der Waals surface area contributed by atoms with Crippen LogP contribution in [0.3, 0.4) is 0 Å². The number of nitrogens with two attached hydrogens (primary N) is 1. The molecule has 0 atom stereocenters. The van der Waals surface area contributed by atoms with Crippen LogP contribution in [-0.4, -0.2) is 29.4 Å². The number of nitrogens with zero attached hydrogens (tertiary/aromatic N) is 2. The first-order valence-corrected chi connectivity index (χ1v) is 5.96. The van der Waals surface area contributed by atoms with Gasteiger partial charge in [0.25, 0.3) is 5.91 Å². The van der Waals surface area contributed by atoms with Crippen molar-refractivity contribution in [1.29, 1.82) is 0 Å². The number of rotatable bonds is 4. The summed E-state index contributed by atoms with van der Waals surface area (Å²) in [6, 6.07) is 1.51. The summed E-state index contributed by atoms with van der Waals surface area (Å²) in [7, 11) is 1.76. The molecule has 0 unspecified atom stereocenters. The van der Waals surface area contributed by atoms with Crippen LogP contribution in [0.4, 0.5) is 5.82 Å². The Kier molecular flexibility index (Phi) is 4.75. The van der Waals surface area contributed by atoms with Crippen LogP contribution in [0.25, 0.3) is 0 Å². The van der Waals surface area contributed by atoms with Crippen LogP contribution in [-0.2, 0) is 0 Å². The van der Waals surface area contributed by atoms with E-state index in [1.807, 2.05) is 0 Å². The van der Waals surface area contributed by atoms with Crippen molar-refractivity contribution in [2.24, 2.45) is 5.92 Å². The molecular weight excluding hydrogens is 238 g/mol. The molecule has 1 aromatic heterocycles. The van der Waals surface area contributed by atoms with Crippen molar-refractivity contribution in [2.75, 3.05) is 19.3 Å². The minimum Gasteiger partial charge on any atom is -0.384 e. The fourth-order valence-corrected chi connectivity index (χ4v) is 1.56. The van der Waals surface area contributed by atoms with Gasteiger partial charge in [-0.1, -0.05) is 25.4 Å². The van der Waals surface area contributed by atoms with Crippen LogP contribution >= 0.6 is 11.6 Å². The van der Waals surface area contributed by atoms with Crippen molar-refractivity contribution >= 4 is 23.3 Å². The third-order valence-electron chi connectivity index (χ3n) is 2.50. The molecule has 17 heavy (non-hydrogen) atoms. The molecule has 4 nitrogen and oxygen atoms in total. The second kappa shape index (κ2) is 5.87. The highest BCUT2D eigenvalue weighted by Gasteiger charge is 2.16. The lowest BCUT2D eigenvalue weighted by atomic mass is 10.1. The van der Waals surface area contributed by atoms with Gasteiger partial charge < -0.3 is 10.6 Å². The Morgan fingerprint density at radius 2 is 2.24 bits per heavy atom. The Hall–Kier alpha value is -1.29. The maximum Gasteiger partial charge on any atom is 0.255 e. The summed E-state index contributed by atoms with van der Waals surface area (Å²) in [4.78, 5) is 17.6. The van der Waals surface area contributed by atoms with Gasteiger partial charge in [-0.3, -0.25) is 4.79 Å². The molecule has 0 aliphatic rings. The molecule has 0 radical (unpaired) electrons. The summed E-state index contributed by atoms with van der Waals surface area (Å²) >= 11 is 5.93. The monoisotopic (exact) mass is 255 g/mol. The van der Waals surface area contributed by atoms with Crippen LogP contribution in [0.5, 0.6) is 0 Å². The van der Waals surface area contributed by atoms with Crippen LogP contribution in [0, 0.1) is 5.92 Å². The lowest BCUT2D eigenvalue weighted by Crippen LogP contribution is -2.28. The second-order valence-electron chi connectivity index (χ2n) is 4.50. The fraction of sp³-hybridized carbons (Fsp3) is 0.500. The molecule has 1 amide bonds. The standard InChI is InChI=1S/C12H18ClN3O/c1-8(2)4-5-16(3)12(17)9-6-11(14)15-7-10(9)13/h6-8H,4-5H2,1-3H3,(H2,14,15). The Bertz CT molecular complexity index is 407. The smallest absolute Gasteiger partial charge is 0.255 e. The first-order chi connectivity index (χ1) is 7.91. The van der Waals surface area contributed by atoms with E-state index in [9.17, 15) is 4.79 Å². The molecule has 1 rings (SSSR count). The minimum atomic E-state index is -0.121. The van der Waals surface area contributed by atoms with Gasteiger partial charge in [0.15, 0.2) is 0 Å². The van der Waals surface area contributed by atoms with Crippen molar-refractivity contribution < 1.29 is 4.79 Å². The molecule has 2 N–H and O–H groups in total. The van der Waals surface area contributed by atoms with Crippen molar-refractivity contribution in [1.82, 2.24) is 9.88 Å². The van der Waals surface area contributed by atoms with Crippen molar-refractivity contribution in [3.63, 3.8) is 0 Å². The maximum atomic E-state index is 12.1. The number of amides is 1. The highest BCUT2D eigenvalue weighted by Crippen LogP contribution is 2.18. The number of pyridine rings is 1. The van der Waals surface area contributed by atoms with Gasteiger partial charge in [-0.15, -0.1) is 0 Å². The summed E-state index contributed by atoms with van der Waals surface area (Å²) in [5.74, 6) is 0.739. The van der Waals surface area contributed by atoms with Gasteiger partial charge in [-0.25, -0.2) is 4.98 Å². The maximum absolute atomic E-state index is 12.1. The van der Waals surface area contributed by atoms with Crippen molar-refractivity contribution in [3.8, 4) is 0 Å². The van der Waals surface area contributed by atoms with Crippen LogP contribution in [0.15, 0.2) is 12.3 Å². The molecule has 0 saturated heterocycles. The normalized spacial score (nSPS) is 10.6. The molecule has 94 valence electrons. The molecule has 0 aliphatic heterocycles. The highest BCUT2D eigenvalue weighted by molar-refractivity contribution is 6.33. The van der Waals surface area contributed by atoms with Gasteiger partial charge in [-0.2, -0.15) is 0 Å². The third kappa shape index (κ3) is 3.89. The van der Waals surface area contributed by atoms with Crippen molar-refractivity contribution in [2.45, 2.75) is 20.3 Å². The quantitative estimate of drug-likeness (QED) is 0.899. The zero-order valence-electron chi connectivity index (χ0n) is 10.4. The van der Waals surface area contributed by atoms with Gasteiger partial charge in [0.05, 0.1) is 10.6 Å². The summed E-state index contributed by atoms with van der Waals surface area (Å²) in [5.41, 5.74) is 5.95. The molecule has 0 saturated carbocycles. The Labute approximate surface area is 107 Å². The van der Waals surface area contributed by atoms with E-state index < -0.39 is 0 Å². The number of carbonyl (C=O) groups is 1. The number of anilines is 1. The van der Waals surface area contributed by atoms with Gasteiger partial charge in [0, 0.05) is 19.8 Å². The average Bonchev–Trinajstić information content (AvgIpc) is 2.28. The van der Waals surface area contributed by atoms with E-state index in [0.29, 0.717) is 28.9 Å². The van der Waals surface area contributed by atoms with Gasteiger partial charge >= 0.3 is 0 Å². The first kappa shape index (κ1) is 13.8. The van der Waals surface area contributed by atoms with E-state index in [4.69, 9.17) is 17.3 Å². The second-order valence-corrected chi connectivity index (χ2v) is 4.91. The van der Waals surface area contributed by atoms with E-state index in [0.717, 1.165) is 6.42 Å². The Morgan fingerprint density at radius 3 is 2.82 bits per heavy atom. The largest absolute Gasteiger partial charge is 0.384 e. The molecule has 0 aliphatic carbocycles. The molecule has 0 aromatic carbocycles. The van der Waals surface area contributed by atoms with E-state index in [2.05, 4.69) is 18.8 Å².